The van der Waals surface area contributed by atoms with Gasteiger partial charge in [-0.1, -0.05) is 0 Å². The second-order valence-corrected chi connectivity index (χ2v) is 5.04. The topological polar surface area (TPSA) is 68.0 Å². The Morgan fingerprint density at radius 2 is 2.27 bits per heavy atom. The van der Waals surface area contributed by atoms with Gasteiger partial charge in [-0.2, -0.15) is 0 Å². The summed E-state index contributed by atoms with van der Waals surface area (Å²) in [6, 6.07) is 3.72. The van der Waals surface area contributed by atoms with E-state index in [1.54, 1.807) is 6.07 Å². The highest BCUT2D eigenvalue weighted by atomic mass is 127. The predicted octanol–water partition coefficient (Wildman–Crippen LogP) is 1.42. The van der Waals surface area contributed by atoms with Gasteiger partial charge in [0.2, 0.25) is 5.91 Å². The molecule has 1 aromatic rings. The Balaban J connectivity index is 2.11. The van der Waals surface area contributed by atoms with E-state index in [9.17, 15) is 4.79 Å². The van der Waals surface area contributed by atoms with Gasteiger partial charge in [-0.15, -0.1) is 0 Å². The number of nitrogens with one attached hydrogen (secondary N) is 1. The fraction of sp³-hybridized carbons (Fsp3) is 0.400. The third-order valence-corrected chi connectivity index (χ3v) is 3.64. The van der Waals surface area contributed by atoms with Gasteiger partial charge >= 0.3 is 0 Å². The average Bonchev–Trinajstić information content (AvgIpc) is 2.92. The molecule has 1 aliphatic carbocycles. The summed E-state index contributed by atoms with van der Waals surface area (Å²) in [5.41, 5.74) is 6.04. The third-order valence-electron chi connectivity index (χ3n) is 2.50. The van der Waals surface area contributed by atoms with Crippen molar-refractivity contribution in [2.75, 3.05) is 5.32 Å². The lowest BCUT2D eigenvalue weighted by Crippen LogP contribution is -2.38. The average molecular weight is 317 g/mol. The fourth-order valence-electron chi connectivity index (χ4n) is 1.22. The molecule has 5 heteroatoms. The van der Waals surface area contributed by atoms with Gasteiger partial charge in [0.05, 0.1) is 11.2 Å². The lowest BCUT2D eigenvalue weighted by Gasteiger charge is -2.09. The maximum atomic E-state index is 11.6. The number of aromatic nitrogens is 1. The highest BCUT2D eigenvalue weighted by molar-refractivity contribution is 14.1. The number of rotatable bonds is 2. The first-order valence-electron chi connectivity index (χ1n) is 4.75. The number of halogens is 1. The van der Waals surface area contributed by atoms with Crippen molar-refractivity contribution >= 4 is 34.3 Å². The van der Waals surface area contributed by atoms with E-state index < -0.39 is 5.54 Å². The number of hydrogen-bond donors (Lipinski definition) is 2. The first-order chi connectivity index (χ1) is 7.01. The zero-order chi connectivity index (χ0) is 11.1. The van der Waals surface area contributed by atoms with E-state index in [2.05, 4.69) is 32.9 Å². The minimum Gasteiger partial charge on any atom is -0.317 e. The normalized spacial score (nSPS) is 17.3. The number of aryl methyl sites for hydroxylation is 1. The number of pyridine rings is 1. The molecule has 0 aromatic carbocycles. The number of nitrogens with two attached hydrogens (primary N) is 1. The van der Waals surface area contributed by atoms with Gasteiger partial charge in [0.25, 0.3) is 0 Å². The lowest BCUT2D eigenvalue weighted by atomic mass is 10.2. The molecule has 0 saturated heterocycles. The van der Waals surface area contributed by atoms with Gasteiger partial charge in [-0.05, 0) is 54.5 Å². The zero-order valence-corrected chi connectivity index (χ0v) is 10.5. The summed E-state index contributed by atoms with van der Waals surface area (Å²) in [4.78, 5) is 15.9. The van der Waals surface area contributed by atoms with Crippen molar-refractivity contribution in [3.05, 3.63) is 21.4 Å². The molecule has 4 nitrogen and oxygen atoms in total. The molecule has 15 heavy (non-hydrogen) atoms. The fourth-order valence-corrected chi connectivity index (χ4v) is 1.52. The van der Waals surface area contributed by atoms with Crippen LogP contribution in [0.5, 0.6) is 0 Å². The molecule has 0 unspecified atom stereocenters. The number of hydrogen-bond acceptors (Lipinski definition) is 3. The van der Waals surface area contributed by atoms with E-state index in [0.29, 0.717) is 5.82 Å². The molecule has 1 aliphatic rings. The van der Waals surface area contributed by atoms with E-state index >= 15 is 0 Å². The molecular formula is C10H12IN3O. The molecule has 1 saturated carbocycles. The highest BCUT2D eigenvalue weighted by Crippen LogP contribution is 2.33. The van der Waals surface area contributed by atoms with Crippen molar-refractivity contribution in [2.45, 2.75) is 25.3 Å². The first-order valence-corrected chi connectivity index (χ1v) is 5.83. The Bertz CT molecular complexity index is 415. The summed E-state index contributed by atoms with van der Waals surface area (Å²) in [5.74, 6) is 0.449. The minimum absolute atomic E-state index is 0.129. The number of anilines is 1. The smallest absolute Gasteiger partial charge is 0.245 e. The molecule has 1 aromatic heterocycles. The van der Waals surface area contributed by atoms with Crippen LogP contribution in [0, 0.1) is 10.5 Å². The number of nitrogens with zero attached hydrogens (tertiary/aromatic N) is 1. The van der Waals surface area contributed by atoms with Gasteiger partial charge in [-0.25, -0.2) is 4.98 Å². The third kappa shape index (κ3) is 2.28. The highest BCUT2D eigenvalue weighted by Gasteiger charge is 2.46. The van der Waals surface area contributed by atoms with Crippen LogP contribution in [0.2, 0.25) is 0 Å². The molecule has 0 atom stereocenters. The predicted molar refractivity (Wildman–Crippen MR) is 66.5 cm³/mol. The Labute approximate surface area is 102 Å². The Morgan fingerprint density at radius 3 is 2.80 bits per heavy atom. The molecule has 0 bridgehead atoms. The van der Waals surface area contributed by atoms with Gasteiger partial charge in [0.15, 0.2) is 0 Å². The molecule has 1 fully saturated rings. The first kappa shape index (κ1) is 10.8. The summed E-state index contributed by atoms with van der Waals surface area (Å²) in [6.45, 7) is 1.91. The number of amides is 1. The van der Waals surface area contributed by atoms with E-state index in [0.717, 1.165) is 22.1 Å². The molecule has 3 N–H and O–H groups in total. The van der Waals surface area contributed by atoms with Crippen LogP contribution in [0.1, 0.15) is 18.5 Å². The molecule has 1 amide bonds. The van der Waals surface area contributed by atoms with Crippen molar-refractivity contribution in [3.8, 4) is 0 Å². The summed E-state index contributed by atoms with van der Waals surface area (Å²) in [6.07, 6.45) is 1.53. The van der Waals surface area contributed by atoms with Gasteiger partial charge < -0.3 is 11.1 Å². The van der Waals surface area contributed by atoms with Crippen LogP contribution in [-0.4, -0.2) is 16.4 Å². The lowest BCUT2D eigenvalue weighted by molar-refractivity contribution is -0.118. The summed E-state index contributed by atoms with van der Waals surface area (Å²) < 4.78 is 1.08. The molecule has 0 spiro atoms. The van der Waals surface area contributed by atoms with Crippen molar-refractivity contribution < 1.29 is 4.79 Å². The molecule has 1 heterocycles. The largest absolute Gasteiger partial charge is 0.317 e. The van der Waals surface area contributed by atoms with Crippen molar-refractivity contribution in [2.24, 2.45) is 5.73 Å². The minimum atomic E-state index is -0.640. The van der Waals surface area contributed by atoms with E-state index in [1.807, 2.05) is 13.0 Å². The van der Waals surface area contributed by atoms with Crippen LogP contribution in [0.25, 0.3) is 0 Å². The molecule has 80 valence electrons. The van der Waals surface area contributed by atoms with Gasteiger partial charge in [-0.3, -0.25) is 4.79 Å². The standard InChI is InChI=1S/C10H12IN3O/c1-6-7(11)2-3-8(13-6)14-9(15)10(12)4-5-10/h2-3H,4-5,12H2,1H3,(H,13,14,15). The van der Waals surface area contributed by atoms with Crippen LogP contribution < -0.4 is 11.1 Å². The number of carbonyl (C=O) groups is 1. The Hall–Kier alpha value is -0.690. The van der Waals surface area contributed by atoms with E-state index in [4.69, 9.17) is 5.73 Å². The molecular weight excluding hydrogens is 305 g/mol. The van der Waals surface area contributed by atoms with Crippen molar-refractivity contribution in [1.29, 1.82) is 0 Å². The van der Waals surface area contributed by atoms with E-state index in [-0.39, 0.29) is 5.91 Å². The SMILES string of the molecule is Cc1nc(NC(=O)C2(N)CC2)ccc1I. The summed E-state index contributed by atoms with van der Waals surface area (Å²) >= 11 is 2.20. The van der Waals surface area contributed by atoms with E-state index in [1.165, 1.54) is 0 Å². The Morgan fingerprint density at radius 1 is 1.60 bits per heavy atom. The second kappa shape index (κ2) is 3.71. The van der Waals surface area contributed by atoms with Crippen LogP contribution in [-0.2, 0) is 4.79 Å². The maximum absolute atomic E-state index is 11.6. The quantitative estimate of drug-likeness (QED) is 0.811. The maximum Gasteiger partial charge on any atom is 0.245 e. The van der Waals surface area contributed by atoms with Gasteiger partial charge in [0, 0.05) is 3.57 Å². The van der Waals surface area contributed by atoms with Crippen LogP contribution in [0.15, 0.2) is 12.1 Å². The zero-order valence-electron chi connectivity index (χ0n) is 8.38. The summed E-state index contributed by atoms with van der Waals surface area (Å²) in [7, 11) is 0. The van der Waals surface area contributed by atoms with Crippen LogP contribution in [0.4, 0.5) is 5.82 Å². The Kier molecular flexibility index (Phi) is 2.68. The molecule has 0 radical (unpaired) electrons. The van der Waals surface area contributed by atoms with Crippen molar-refractivity contribution in [3.63, 3.8) is 0 Å². The van der Waals surface area contributed by atoms with Gasteiger partial charge in [0.1, 0.15) is 5.82 Å². The van der Waals surface area contributed by atoms with Crippen molar-refractivity contribution in [1.82, 2.24) is 4.98 Å². The molecule has 0 aliphatic heterocycles. The second-order valence-electron chi connectivity index (χ2n) is 3.87. The number of carbonyl (C=O) groups excluding carboxylic acids is 1. The molecule has 2 rings (SSSR count). The van der Waals surface area contributed by atoms with Crippen LogP contribution in [0.3, 0.4) is 0 Å². The monoisotopic (exact) mass is 317 g/mol. The summed E-state index contributed by atoms with van der Waals surface area (Å²) in [5, 5.41) is 2.73. The van der Waals surface area contributed by atoms with Crippen LogP contribution >= 0.6 is 22.6 Å².